The minimum absolute atomic E-state index is 0.0165. The Morgan fingerprint density at radius 2 is 1.87 bits per heavy atom. The number of nitrogens with one attached hydrogen (secondary N) is 1. The highest BCUT2D eigenvalue weighted by Crippen LogP contribution is 2.27. The zero-order valence-electron chi connectivity index (χ0n) is 17.5. The number of nitrogens with zero attached hydrogens (tertiary/aromatic N) is 2. The van der Waals surface area contributed by atoms with Crippen LogP contribution in [0.3, 0.4) is 0 Å². The van der Waals surface area contributed by atoms with Crippen molar-refractivity contribution < 1.29 is 14.3 Å². The molecule has 158 valence electrons. The molecule has 0 bridgehead atoms. The molecule has 1 saturated heterocycles. The molecule has 4 rings (SSSR count). The third-order valence-corrected chi connectivity index (χ3v) is 5.98. The molecule has 1 N–H and O–H groups in total. The maximum Gasteiger partial charge on any atom is 0.227 e. The molecule has 0 aliphatic carbocycles. The molecule has 30 heavy (non-hydrogen) atoms. The Balaban J connectivity index is 1.27. The van der Waals surface area contributed by atoms with Gasteiger partial charge in [-0.25, -0.2) is 0 Å². The van der Waals surface area contributed by atoms with Gasteiger partial charge in [0.25, 0.3) is 0 Å². The second kappa shape index (κ2) is 9.30. The Kier molecular flexibility index (Phi) is 6.33. The zero-order valence-corrected chi connectivity index (χ0v) is 17.5. The van der Waals surface area contributed by atoms with Gasteiger partial charge in [-0.2, -0.15) is 0 Å². The number of amides is 2. The second-order valence-corrected chi connectivity index (χ2v) is 8.10. The lowest BCUT2D eigenvalue weighted by atomic mass is 9.89. The lowest BCUT2D eigenvalue weighted by Gasteiger charge is -2.29. The average molecular weight is 408 g/mol. The molecule has 2 aliphatic heterocycles. The molecule has 1 atom stereocenters. The van der Waals surface area contributed by atoms with Crippen LogP contribution in [0.1, 0.15) is 24.0 Å². The summed E-state index contributed by atoms with van der Waals surface area (Å²) in [5.41, 5.74) is 4.33. The van der Waals surface area contributed by atoms with E-state index in [1.807, 2.05) is 31.3 Å². The largest absolute Gasteiger partial charge is 0.378 e. The molecule has 0 aromatic heterocycles. The second-order valence-electron chi connectivity index (χ2n) is 8.10. The summed E-state index contributed by atoms with van der Waals surface area (Å²) in [6, 6.07) is 16.3. The van der Waals surface area contributed by atoms with Crippen LogP contribution < -0.4 is 10.2 Å². The van der Waals surface area contributed by atoms with Gasteiger partial charge in [-0.3, -0.25) is 9.59 Å². The summed E-state index contributed by atoms with van der Waals surface area (Å²) in [7, 11) is 1.83. The molecule has 2 aliphatic rings. The summed E-state index contributed by atoms with van der Waals surface area (Å²) < 4.78 is 5.40. The van der Waals surface area contributed by atoms with E-state index < -0.39 is 0 Å². The van der Waals surface area contributed by atoms with E-state index in [0.717, 1.165) is 43.1 Å². The zero-order chi connectivity index (χ0) is 20.9. The van der Waals surface area contributed by atoms with Gasteiger partial charge in [-0.05, 0) is 42.2 Å². The number of ether oxygens (including phenoxy) is 1. The van der Waals surface area contributed by atoms with E-state index in [1.165, 1.54) is 5.69 Å². The number of fused-ring (bicyclic) bond motifs is 1. The fraction of sp³-hybridized carbons (Fsp3) is 0.417. The standard InChI is InChI=1S/C24H29N3O3/c1-26(17-18-6-9-21(10-7-18)27-12-14-30-15-13-27)23(28)11-8-20-16-19-4-2-3-5-22(19)25-24(20)29/h2-7,9-10,20H,8,11-17H2,1H3,(H,25,29). The Labute approximate surface area is 177 Å². The highest BCUT2D eigenvalue weighted by atomic mass is 16.5. The molecule has 6 heteroatoms. The van der Waals surface area contributed by atoms with Crippen molar-refractivity contribution in [1.29, 1.82) is 0 Å². The summed E-state index contributed by atoms with van der Waals surface area (Å²) >= 11 is 0. The van der Waals surface area contributed by atoms with E-state index in [2.05, 4.69) is 34.5 Å². The quantitative estimate of drug-likeness (QED) is 0.800. The molecule has 6 nitrogen and oxygen atoms in total. The van der Waals surface area contributed by atoms with Gasteiger partial charge in [0.05, 0.1) is 13.2 Å². The first-order valence-corrected chi connectivity index (χ1v) is 10.6. The van der Waals surface area contributed by atoms with Crippen LogP contribution in [0.15, 0.2) is 48.5 Å². The van der Waals surface area contributed by atoms with Crippen LogP contribution in [-0.4, -0.2) is 50.1 Å². The van der Waals surface area contributed by atoms with Crippen LogP contribution in [0, 0.1) is 5.92 Å². The number of morpholine rings is 1. The number of anilines is 2. The van der Waals surface area contributed by atoms with Crippen LogP contribution in [0.2, 0.25) is 0 Å². The van der Waals surface area contributed by atoms with Gasteiger partial charge < -0.3 is 19.9 Å². The third-order valence-electron chi connectivity index (χ3n) is 5.98. The number of carbonyl (C=O) groups excluding carboxylic acids is 2. The molecule has 1 unspecified atom stereocenters. The van der Waals surface area contributed by atoms with Crippen LogP contribution in [0.4, 0.5) is 11.4 Å². The highest BCUT2D eigenvalue weighted by Gasteiger charge is 2.26. The Morgan fingerprint density at radius 3 is 2.63 bits per heavy atom. The summed E-state index contributed by atoms with van der Waals surface area (Å²) in [5, 5.41) is 2.96. The van der Waals surface area contributed by atoms with Crippen molar-refractivity contribution in [2.75, 3.05) is 43.6 Å². The van der Waals surface area contributed by atoms with E-state index in [1.54, 1.807) is 4.90 Å². The van der Waals surface area contributed by atoms with E-state index in [9.17, 15) is 9.59 Å². The lowest BCUT2D eigenvalue weighted by Crippen LogP contribution is -2.36. The van der Waals surface area contributed by atoms with Crippen LogP contribution in [-0.2, 0) is 27.3 Å². The normalized spacial score (nSPS) is 18.5. The summed E-state index contributed by atoms with van der Waals surface area (Å²) in [6.07, 6.45) is 1.64. The maximum atomic E-state index is 12.6. The van der Waals surface area contributed by atoms with E-state index in [4.69, 9.17) is 4.74 Å². The summed E-state index contributed by atoms with van der Waals surface area (Å²) in [5.74, 6) is -0.0631. The predicted molar refractivity (Wildman–Crippen MR) is 117 cm³/mol. The molecule has 2 aromatic carbocycles. The molecule has 1 fully saturated rings. The first kappa shape index (κ1) is 20.4. The topological polar surface area (TPSA) is 61.9 Å². The fourth-order valence-corrected chi connectivity index (χ4v) is 4.13. The van der Waals surface area contributed by atoms with Crippen molar-refractivity contribution in [3.63, 3.8) is 0 Å². The first-order chi connectivity index (χ1) is 14.6. The van der Waals surface area contributed by atoms with Crippen LogP contribution in [0.25, 0.3) is 0 Å². The van der Waals surface area contributed by atoms with Gasteiger partial charge in [-0.1, -0.05) is 30.3 Å². The minimum atomic E-state index is -0.148. The molecule has 2 amide bonds. The van der Waals surface area contributed by atoms with Crippen molar-refractivity contribution in [3.8, 4) is 0 Å². The molecular weight excluding hydrogens is 378 g/mol. The van der Waals surface area contributed by atoms with Gasteiger partial charge in [0.1, 0.15) is 0 Å². The maximum absolute atomic E-state index is 12.6. The summed E-state index contributed by atoms with van der Waals surface area (Å²) in [6.45, 7) is 3.93. The predicted octanol–water partition coefficient (Wildman–Crippen LogP) is 3.07. The number of para-hydroxylation sites is 1. The van der Waals surface area contributed by atoms with Gasteiger partial charge >= 0.3 is 0 Å². The molecule has 2 aromatic rings. The molecular formula is C24H29N3O3. The Morgan fingerprint density at radius 1 is 1.13 bits per heavy atom. The number of rotatable bonds is 6. The van der Waals surface area contributed by atoms with Crippen molar-refractivity contribution in [3.05, 3.63) is 59.7 Å². The monoisotopic (exact) mass is 407 g/mol. The molecule has 2 heterocycles. The third kappa shape index (κ3) is 4.82. The minimum Gasteiger partial charge on any atom is -0.378 e. The molecule has 0 saturated carbocycles. The Hall–Kier alpha value is -2.86. The van der Waals surface area contributed by atoms with E-state index in [-0.39, 0.29) is 17.7 Å². The van der Waals surface area contributed by atoms with Gasteiger partial charge in [0, 0.05) is 50.4 Å². The molecule has 0 spiro atoms. The number of hydrogen-bond acceptors (Lipinski definition) is 4. The van der Waals surface area contributed by atoms with Crippen molar-refractivity contribution in [2.45, 2.75) is 25.8 Å². The van der Waals surface area contributed by atoms with Gasteiger partial charge in [0.2, 0.25) is 11.8 Å². The van der Waals surface area contributed by atoms with Crippen LogP contribution in [0.5, 0.6) is 0 Å². The van der Waals surface area contributed by atoms with Crippen molar-refractivity contribution >= 4 is 23.2 Å². The SMILES string of the molecule is CN(Cc1ccc(N2CCOCC2)cc1)C(=O)CCC1Cc2ccccc2NC1=O. The fourth-order valence-electron chi connectivity index (χ4n) is 4.13. The number of hydrogen-bond donors (Lipinski definition) is 1. The number of carbonyl (C=O) groups is 2. The first-order valence-electron chi connectivity index (χ1n) is 10.6. The Bertz CT molecular complexity index is 891. The average Bonchev–Trinajstić information content (AvgIpc) is 2.78. The molecule has 0 radical (unpaired) electrons. The van der Waals surface area contributed by atoms with Gasteiger partial charge in [0.15, 0.2) is 0 Å². The summed E-state index contributed by atoms with van der Waals surface area (Å²) in [4.78, 5) is 29.0. The van der Waals surface area contributed by atoms with Crippen molar-refractivity contribution in [2.24, 2.45) is 5.92 Å². The van der Waals surface area contributed by atoms with E-state index in [0.29, 0.717) is 25.8 Å². The highest BCUT2D eigenvalue weighted by molar-refractivity contribution is 5.96. The van der Waals surface area contributed by atoms with Gasteiger partial charge in [-0.15, -0.1) is 0 Å². The smallest absolute Gasteiger partial charge is 0.227 e. The van der Waals surface area contributed by atoms with Crippen molar-refractivity contribution in [1.82, 2.24) is 4.90 Å². The number of benzene rings is 2. The van der Waals surface area contributed by atoms with E-state index >= 15 is 0 Å². The lowest BCUT2D eigenvalue weighted by molar-refractivity contribution is -0.131. The van der Waals surface area contributed by atoms with Crippen LogP contribution >= 0.6 is 0 Å².